The van der Waals surface area contributed by atoms with E-state index in [1.54, 1.807) is 12.5 Å². The van der Waals surface area contributed by atoms with Crippen molar-refractivity contribution in [2.45, 2.75) is 19.6 Å². The van der Waals surface area contributed by atoms with Crippen LogP contribution in [0.5, 0.6) is 0 Å². The topological polar surface area (TPSA) is 63.9 Å². The Morgan fingerprint density at radius 1 is 1.41 bits per heavy atom. The fraction of sp³-hybridized carbons (Fsp3) is 0.667. The monoisotopic (exact) mass is 243 g/mol. The van der Waals surface area contributed by atoms with Crippen LogP contribution in [0.2, 0.25) is 0 Å². The van der Waals surface area contributed by atoms with Crippen LogP contribution in [0.15, 0.2) is 23.0 Å². The van der Waals surface area contributed by atoms with E-state index in [-0.39, 0.29) is 0 Å². The highest BCUT2D eigenvalue weighted by atomic mass is 16.5. The predicted octanol–water partition coefficient (Wildman–Crippen LogP) is 0.783. The summed E-state index contributed by atoms with van der Waals surface area (Å²) in [5.74, 6) is 0. The molecule has 98 valence electrons. The van der Waals surface area contributed by atoms with Gasteiger partial charge < -0.3 is 24.3 Å². The van der Waals surface area contributed by atoms with Gasteiger partial charge in [0.2, 0.25) is 0 Å². The molecule has 17 heavy (non-hydrogen) atoms. The van der Waals surface area contributed by atoms with Gasteiger partial charge in [-0.05, 0) is 13.0 Å². The molecule has 5 heteroatoms. The van der Waals surface area contributed by atoms with Gasteiger partial charge in [0, 0.05) is 25.3 Å². The normalized spacial score (nSPS) is 12.8. The van der Waals surface area contributed by atoms with E-state index in [4.69, 9.17) is 13.9 Å². The fourth-order valence-electron chi connectivity index (χ4n) is 1.32. The van der Waals surface area contributed by atoms with E-state index in [2.05, 4.69) is 5.32 Å². The molecule has 1 atom stereocenters. The van der Waals surface area contributed by atoms with Crippen LogP contribution >= 0.6 is 0 Å². The molecular formula is C12H21NO4. The Balaban J connectivity index is 1.92. The Kier molecular flexibility index (Phi) is 7.66. The molecule has 0 aromatic carbocycles. The average molecular weight is 243 g/mol. The average Bonchev–Trinajstić information content (AvgIpc) is 2.82. The highest BCUT2D eigenvalue weighted by Gasteiger charge is 2.03. The first-order chi connectivity index (χ1) is 8.33. The summed E-state index contributed by atoms with van der Waals surface area (Å²) < 4.78 is 15.3. The van der Waals surface area contributed by atoms with Crippen molar-refractivity contribution in [1.29, 1.82) is 0 Å². The van der Waals surface area contributed by atoms with Gasteiger partial charge in [-0.15, -0.1) is 0 Å². The number of rotatable bonds is 10. The quantitative estimate of drug-likeness (QED) is 0.595. The van der Waals surface area contributed by atoms with Gasteiger partial charge in [-0.2, -0.15) is 0 Å². The Hall–Kier alpha value is -0.880. The van der Waals surface area contributed by atoms with Gasteiger partial charge in [0.05, 0.1) is 38.5 Å². The molecule has 0 spiro atoms. The molecule has 1 unspecified atom stereocenters. The maximum absolute atomic E-state index is 9.58. The van der Waals surface area contributed by atoms with Crippen molar-refractivity contribution in [3.63, 3.8) is 0 Å². The van der Waals surface area contributed by atoms with E-state index in [9.17, 15) is 5.11 Å². The lowest BCUT2D eigenvalue weighted by Crippen LogP contribution is -2.30. The van der Waals surface area contributed by atoms with Crippen molar-refractivity contribution in [2.24, 2.45) is 0 Å². The van der Waals surface area contributed by atoms with Gasteiger partial charge in [-0.1, -0.05) is 0 Å². The molecule has 1 aromatic heterocycles. The first-order valence-electron chi connectivity index (χ1n) is 5.88. The number of nitrogens with one attached hydrogen (secondary N) is 1. The molecule has 0 saturated carbocycles. The lowest BCUT2D eigenvalue weighted by molar-refractivity contribution is 0.00642. The zero-order valence-corrected chi connectivity index (χ0v) is 10.2. The van der Waals surface area contributed by atoms with Crippen molar-refractivity contribution in [3.8, 4) is 0 Å². The molecule has 0 radical (unpaired) electrons. The van der Waals surface area contributed by atoms with Crippen LogP contribution in [0.25, 0.3) is 0 Å². The summed E-state index contributed by atoms with van der Waals surface area (Å²) in [5, 5.41) is 12.7. The number of ether oxygens (including phenoxy) is 2. The molecule has 0 aliphatic carbocycles. The van der Waals surface area contributed by atoms with Gasteiger partial charge in [0.1, 0.15) is 0 Å². The lowest BCUT2D eigenvalue weighted by atomic mass is 10.3. The molecule has 1 rings (SSSR count). The largest absolute Gasteiger partial charge is 0.472 e. The standard InChI is InChI=1S/C12H21NO4/c1-2-15-5-6-17-10-12(14)8-13-7-11-3-4-16-9-11/h3-4,9,12-14H,2,5-8,10H2,1H3. The van der Waals surface area contributed by atoms with Crippen molar-refractivity contribution >= 4 is 0 Å². The number of hydrogen-bond acceptors (Lipinski definition) is 5. The summed E-state index contributed by atoms with van der Waals surface area (Å²) in [6.45, 7) is 5.24. The van der Waals surface area contributed by atoms with Crippen LogP contribution in [0.1, 0.15) is 12.5 Å². The minimum atomic E-state index is -0.497. The molecule has 2 N–H and O–H groups in total. The van der Waals surface area contributed by atoms with Crippen molar-refractivity contribution in [3.05, 3.63) is 24.2 Å². The van der Waals surface area contributed by atoms with E-state index < -0.39 is 6.10 Å². The third-order valence-electron chi connectivity index (χ3n) is 2.18. The second-order valence-corrected chi connectivity index (χ2v) is 3.69. The van der Waals surface area contributed by atoms with Crippen LogP contribution in [-0.4, -0.2) is 44.2 Å². The third-order valence-corrected chi connectivity index (χ3v) is 2.18. The number of hydrogen-bond donors (Lipinski definition) is 2. The van der Waals surface area contributed by atoms with Crippen LogP contribution < -0.4 is 5.32 Å². The molecule has 0 fully saturated rings. The van der Waals surface area contributed by atoms with Gasteiger partial charge in [-0.25, -0.2) is 0 Å². The summed E-state index contributed by atoms with van der Waals surface area (Å²) in [6, 6.07) is 1.89. The van der Waals surface area contributed by atoms with Crippen LogP contribution in [0.4, 0.5) is 0 Å². The van der Waals surface area contributed by atoms with Crippen molar-refractivity contribution < 1.29 is 19.0 Å². The third kappa shape index (κ3) is 7.12. The fourth-order valence-corrected chi connectivity index (χ4v) is 1.32. The molecule has 0 aliphatic heterocycles. The van der Waals surface area contributed by atoms with Crippen LogP contribution in [0, 0.1) is 0 Å². The highest BCUT2D eigenvalue weighted by Crippen LogP contribution is 1.98. The molecule has 0 amide bonds. The van der Waals surface area contributed by atoms with E-state index in [0.29, 0.717) is 39.5 Å². The zero-order valence-electron chi connectivity index (χ0n) is 10.2. The Bertz CT molecular complexity index is 263. The molecular weight excluding hydrogens is 222 g/mol. The van der Waals surface area contributed by atoms with Crippen molar-refractivity contribution in [2.75, 3.05) is 33.0 Å². The first-order valence-corrected chi connectivity index (χ1v) is 5.88. The summed E-state index contributed by atoms with van der Waals surface area (Å²) in [7, 11) is 0. The molecule has 5 nitrogen and oxygen atoms in total. The number of aliphatic hydroxyl groups is 1. The van der Waals surface area contributed by atoms with E-state index >= 15 is 0 Å². The van der Waals surface area contributed by atoms with E-state index in [0.717, 1.165) is 5.56 Å². The highest BCUT2D eigenvalue weighted by molar-refractivity contribution is 5.04. The molecule has 0 aliphatic rings. The summed E-state index contributed by atoms with van der Waals surface area (Å²) in [6.07, 6.45) is 2.81. The smallest absolute Gasteiger partial charge is 0.0947 e. The maximum atomic E-state index is 9.58. The molecule has 0 saturated heterocycles. The Morgan fingerprint density at radius 2 is 2.24 bits per heavy atom. The van der Waals surface area contributed by atoms with Gasteiger partial charge in [-0.3, -0.25) is 0 Å². The molecule has 1 aromatic rings. The second-order valence-electron chi connectivity index (χ2n) is 3.69. The maximum Gasteiger partial charge on any atom is 0.0947 e. The van der Waals surface area contributed by atoms with Crippen LogP contribution in [-0.2, 0) is 16.0 Å². The van der Waals surface area contributed by atoms with Gasteiger partial charge >= 0.3 is 0 Å². The second kappa shape index (κ2) is 9.18. The van der Waals surface area contributed by atoms with E-state index in [1.165, 1.54) is 0 Å². The molecule has 0 bridgehead atoms. The minimum absolute atomic E-state index is 0.325. The summed E-state index contributed by atoms with van der Waals surface area (Å²) in [4.78, 5) is 0. The predicted molar refractivity (Wildman–Crippen MR) is 63.7 cm³/mol. The number of furan rings is 1. The summed E-state index contributed by atoms with van der Waals surface area (Å²) in [5.41, 5.74) is 1.06. The first kappa shape index (κ1) is 14.2. The molecule has 1 heterocycles. The minimum Gasteiger partial charge on any atom is -0.472 e. The lowest BCUT2D eigenvalue weighted by Gasteiger charge is -2.11. The van der Waals surface area contributed by atoms with Gasteiger partial charge in [0.25, 0.3) is 0 Å². The Labute approximate surface area is 102 Å². The summed E-state index contributed by atoms with van der Waals surface area (Å²) >= 11 is 0. The van der Waals surface area contributed by atoms with Crippen LogP contribution in [0.3, 0.4) is 0 Å². The Morgan fingerprint density at radius 3 is 2.94 bits per heavy atom. The van der Waals surface area contributed by atoms with Crippen molar-refractivity contribution in [1.82, 2.24) is 5.32 Å². The van der Waals surface area contributed by atoms with E-state index in [1.807, 2.05) is 13.0 Å². The number of aliphatic hydroxyl groups excluding tert-OH is 1. The van der Waals surface area contributed by atoms with Gasteiger partial charge in [0.15, 0.2) is 0 Å². The SMILES string of the molecule is CCOCCOCC(O)CNCc1ccoc1. The zero-order chi connectivity index (χ0) is 12.3.